The van der Waals surface area contributed by atoms with Crippen molar-refractivity contribution in [3.05, 3.63) is 86.4 Å². The average Bonchev–Trinajstić information content (AvgIpc) is 3.15. The molecule has 0 fully saturated rings. The summed E-state index contributed by atoms with van der Waals surface area (Å²) in [6.07, 6.45) is 6.90. The fraction of sp³-hybridized carbons (Fsp3) is 0.174. The van der Waals surface area contributed by atoms with Crippen LogP contribution in [0.3, 0.4) is 0 Å². The number of allylic oxidation sites excluding steroid dienone is 1. The van der Waals surface area contributed by atoms with Crippen LogP contribution in [0.15, 0.2) is 48.9 Å². The van der Waals surface area contributed by atoms with Gasteiger partial charge < -0.3 is 14.7 Å². The van der Waals surface area contributed by atoms with Crippen molar-refractivity contribution in [2.45, 2.75) is 18.9 Å². The quantitative estimate of drug-likeness (QED) is 0.319. The first-order chi connectivity index (χ1) is 15.0. The fourth-order valence-electron chi connectivity index (χ4n) is 3.57. The van der Waals surface area contributed by atoms with Crippen molar-refractivity contribution in [2.75, 3.05) is 7.11 Å². The number of rotatable bonds is 5. The second-order valence-corrected chi connectivity index (χ2v) is 7.86. The zero-order valence-electron chi connectivity index (χ0n) is 16.5. The fourth-order valence-corrected chi connectivity index (χ4v) is 4.13. The molecule has 0 radical (unpaired) electrons. The molecule has 1 aliphatic carbocycles. The van der Waals surface area contributed by atoms with Gasteiger partial charge in [0, 0.05) is 30.2 Å². The summed E-state index contributed by atoms with van der Waals surface area (Å²) in [6.45, 7) is 0. The van der Waals surface area contributed by atoms with Crippen LogP contribution in [-0.4, -0.2) is 18.2 Å². The first-order valence-electron chi connectivity index (χ1n) is 9.46. The van der Waals surface area contributed by atoms with E-state index in [1.165, 1.54) is 42.9 Å². The van der Waals surface area contributed by atoms with E-state index in [1.807, 2.05) is 12.1 Å². The van der Waals surface area contributed by atoms with Gasteiger partial charge in [-0.25, -0.2) is 4.98 Å². The van der Waals surface area contributed by atoms with Crippen molar-refractivity contribution >= 4 is 34.9 Å². The second kappa shape index (κ2) is 8.84. The smallest absolute Gasteiger partial charge is 0.256 e. The summed E-state index contributed by atoms with van der Waals surface area (Å²) in [4.78, 5) is 4.30. The van der Waals surface area contributed by atoms with Crippen molar-refractivity contribution in [2.24, 2.45) is 0 Å². The Bertz CT molecular complexity index is 1170. The van der Waals surface area contributed by atoms with Gasteiger partial charge in [0.05, 0.1) is 18.8 Å². The predicted molar refractivity (Wildman–Crippen MR) is 118 cm³/mol. The van der Waals surface area contributed by atoms with E-state index >= 15 is 0 Å². The summed E-state index contributed by atoms with van der Waals surface area (Å²) in [5, 5.41) is 21.5. The highest BCUT2D eigenvalue weighted by molar-refractivity contribution is 6.37. The number of pyridine rings is 2. The molecule has 156 valence electrons. The van der Waals surface area contributed by atoms with Crippen molar-refractivity contribution in [1.82, 2.24) is 4.98 Å². The zero-order chi connectivity index (χ0) is 22.0. The van der Waals surface area contributed by atoms with Crippen molar-refractivity contribution in [1.29, 1.82) is 5.26 Å². The molecule has 0 N–H and O–H groups in total. The Morgan fingerprint density at radius 2 is 1.87 bits per heavy atom. The van der Waals surface area contributed by atoms with Crippen molar-refractivity contribution < 1.29 is 14.2 Å². The Kier molecular flexibility index (Phi) is 5.99. The molecule has 0 spiro atoms. The lowest BCUT2D eigenvalue weighted by molar-refractivity contribution is -0.605. The lowest BCUT2D eigenvalue weighted by Crippen LogP contribution is -2.24. The molecule has 6 nitrogen and oxygen atoms in total. The Labute approximate surface area is 189 Å². The summed E-state index contributed by atoms with van der Waals surface area (Å²) in [7, 11) is 1.51. The summed E-state index contributed by atoms with van der Waals surface area (Å²) in [6, 6.07) is 12.1. The summed E-state index contributed by atoms with van der Waals surface area (Å²) < 4.78 is 12.1. The molecule has 1 aliphatic rings. The highest BCUT2D eigenvalue weighted by Crippen LogP contribution is 2.34. The maximum atomic E-state index is 11.5. The molecule has 4 rings (SSSR count). The van der Waals surface area contributed by atoms with Crippen LogP contribution in [-0.2, 0) is 12.8 Å². The van der Waals surface area contributed by atoms with Gasteiger partial charge in [-0.2, -0.15) is 9.99 Å². The van der Waals surface area contributed by atoms with E-state index in [1.54, 1.807) is 6.07 Å². The largest absolute Gasteiger partial charge is 0.619 e. The molecule has 0 atom stereocenters. The minimum absolute atomic E-state index is 0.0524. The van der Waals surface area contributed by atoms with Gasteiger partial charge in [0.15, 0.2) is 18.1 Å². The van der Waals surface area contributed by atoms with Gasteiger partial charge in [0.25, 0.3) is 5.88 Å². The monoisotopic (exact) mass is 453 g/mol. The average molecular weight is 454 g/mol. The van der Waals surface area contributed by atoms with E-state index in [4.69, 9.17) is 32.7 Å². The van der Waals surface area contributed by atoms with Crippen LogP contribution in [0.5, 0.6) is 11.6 Å². The predicted octanol–water partition coefficient (Wildman–Crippen LogP) is 4.64. The molecule has 0 amide bonds. The highest BCUT2D eigenvalue weighted by atomic mass is 35.5. The molecule has 2 aromatic heterocycles. The Hall–Kier alpha value is -3.27. The molecule has 0 bridgehead atoms. The molecule has 8 heteroatoms. The Balaban J connectivity index is 1.66. The van der Waals surface area contributed by atoms with Gasteiger partial charge in [-0.15, -0.1) is 0 Å². The SMILES string of the molecule is COc1ncc(C(C#N)=Cc2c(Cl)c[n+]([O-])cc2Cl)cc1OC1Cc2ccccc2C1. The molecule has 3 aromatic rings. The maximum absolute atomic E-state index is 11.5. The summed E-state index contributed by atoms with van der Waals surface area (Å²) >= 11 is 12.3. The summed E-state index contributed by atoms with van der Waals surface area (Å²) in [5.41, 5.74) is 3.67. The number of nitriles is 1. The Morgan fingerprint density at radius 1 is 1.23 bits per heavy atom. The van der Waals surface area contributed by atoms with E-state index < -0.39 is 0 Å². The van der Waals surface area contributed by atoms with Crippen LogP contribution < -0.4 is 14.2 Å². The van der Waals surface area contributed by atoms with Crippen LogP contribution in [0.4, 0.5) is 0 Å². The zero-order valence-corrected chi connectivity index (χ0v) is 18.0. The molecule has 0 saturated carbocycles. The third kappa shape index (κ3) is 4.43. The second-order valence-electron chi connectivity index (χ2n) is 7.05. The van der Waals surface area contributed by atoms with E-state index in [0.717, 1.165) is 12.8 Å². The summed E-state index contributed by atoms with van der Waals surface area (Å²) in [5.74, 6) is 0.779. The van der Waals surface area contributed by atoms with Gasteiger partial charge in [0.1, 0.15) is 16.1 Å². The third-order valence-electron chi connectivity index (χ3n) is 5.03. The van der Waals surface area contributed by atoms with Crippen LogP contribution >= 0.6 is 23.2 Å². The molecule has 0 saturated heterocycles. The first kappa shape index (κ1) is 21.0. The number of hydrogen-bond donors (Lipinski definition) is 0. The van der Waals surface area contributed by atoms with Crippen LogP contribution in [0.2, 0.25) is 10.0 Å². The third-order valence-corrected chi connectivity index (χ3v) is 5.64. The van der Waals surface area contributed by atoms with Crippen LogP contribution in [0.25, 0.3) is 11.6 Å². The molecular formula is C23H17Cl2N3O3. The maximum Gasteiger partial charge on any atom is 0.256 e. The standard InChI is InChI=1S/C23H17Cl2N3O3/c1-30-23-22(31-18-6-14-4-2-3-5-15(14)7-18)9-17(11-27-23)16(10-26)8-19-20(24)12-28(29)13-21(19)25/h2-5,8-9,11-13,18H,6-7H2,1H3. The van der Waals surface area contributed by atoms with E-state index in [0.29, 0.717) is 27.5 Å². The van der Waals surface area contributed by atoms with Gasteiger partial charge in [0.2, 0.25) is 0 Å². The molecular weight excluding hydrogens is 437 g/mol. The van der Waals surface area contributed by atoms with Crippen molar-refractivity contribution in [3.8, 4) is 17.7 Å². The number of hydrogen-bond acceptors (Lipinski definition) is 5. The molecule has 1 aromatic carbocycles. The van der Waals surface area contributed by atoms with Gasteiger partial charge in [-0.05, 0) is 23.3 Å². The molecule has 0 unspecified atom stereocenters. The highest BCUT2D eigenvalue weighted by Gasteiger charge is 2.24. The van der Waals surface area contributed by atoms with Gasteiger partial charge in [-0.1, -0.05) is 47.5 Å². The number of benzene rings is 1. The number of halogens is 2. The van der Waals surface area contributed by atoms with Gasteiger partial charge in [-0.3, -0.25) is 0 Å². The van der Waals surface area contributed by atoms with E-state index in [2.05, 4.69) is 23.2 Å². The minimum atomic E-state index is -0.0524. The molecule has 2 heterocycles. The van der Waals surface area contributed by atoms with E-state index in [-0.39, 0.29) is 21.7 Å². The van der Waals surface area contributed by atoms with E-state index in [9.17, 15) is 10.5 Å². The molecule has 31 heavy (non-hydrogen) atoms. The number of ether oxygens (including phenoxy) is 2. The normalized spacial score (nSPS) is 13.5. The minimum Gasteiger partial charge on any atom is -0.619 e. The number of nitrogens with zero attached hydrogens (tertiary/aromatic N) is 3. The number of methoxy groups -OCH3 is 1. The molecule has 0 aliphatic heterocycles. The Morgan fingerprint density at radius 3 is 2.45 bits per heavy atom. The number of fused-ring (bicyclic) bond motifs is 1. The van der Waals surface area contributed by atoms with Crippen LogP contribution in [0.1, 0.15) is 22.3 Å². The topological polar surface area (TPSA) is 82.1 Å². The lowest BCUT2D eigenvalue weighted by Gasteiger charge is -2.16. The number of aromatic nitrogens is 2. The van der Waals surface area contributed by atoms with Crippen LogP contribution in [0, 0.1) is 16.5 Å². The lowest BCUT2D eigenvalue weighted by atomic mass is 10.1. The first-order valence-corrected chi connectivity index (χ1v) is 10.2. The van der Waals surface area contributed by atoms with Gasteiger partial charge >= 0.3 is 0 Å². The van der Waals surface area contributed by atoms with Crippen molar-refractivity contribution in [3.63, 3.8) is 0 Å².